The number of aryl methyl sites for hydroxylation is 2. The molecule has 1 atom stereocenters. The van der Waals surface area contributed by atoms with Crippen LogP contribution in [0.5, 0.6) is 0 Å². The van der Waals surface area contributed by atoms with Crippen LogP contribution in [0.1, 0.15) is 27.6 Å². The van der Waals surface area contributed by atoms with Crippen molar-refractivity contribution in [1.29, 1.82) is 0 Å². The minimum atomic E-state index is 0.0167. The molecule has 0 saturated carbocycles. The van der Waals surface area contributed by atoms with Crippen LogP contribution in [-0.4, -0.2) is 0 Å². The van der Waals surface area contributed by atoms with Crippen molar-refractivity contribution < 1.29 is 0 Å². The van der Waals surface area contributed by atoms with Crippen molar-refractivity contribution in [3.63, 3.8) is 0 Å². The first-order chi connectivity index (χ1) is 8.54. The molecule has 0 spiro atoms. The summed E-state index contributed by atoms with van der Waals surface area (Å²) in [6.45, 7) is 4.19. The highest BCUT2D eigenvalue weighted by Gasteiger charge is 2.10. The summed E-state index contributed by atoms with van der Waals surface area (Å²) in [6, 6.07) is 14.9. The van der Waals surface area contributed by atoms with Crippen LogP contribution < -0.4 is 0 Å². The molecule has 0 aliphatic rings. The molecule has 0 aromatic heterocycles. The Morgan fingerprint density at radius 3 is 2.50 bits per heavy atom. The van der Waals surface area contributed by atoms with Crippen LogP contribution >= 0.6 is 27.5 Å². The number of hydrogen-bond acceptors (Lipinski definition) is 0. The molecule has 0 heterocycles. The van der Waals surface area contributed by atoms with E-state index < -0.39 is 0 Å². The third kappa shape index (κ3) is 3.60. The fourth-order valence-corrected chi connectivity index (χ4v) is 3.04. The molecule has 0 N–H and O–H groups in total. The zero-order valence-electron chi connectivity index (χ0n) is 10.6. The zero-order valence-corrected chi connectivity index (χ0v) is 12.9. The van der Waals surface area contributed by atoms with Gasteiger partial charge >= 0.3 is 0 Å². The average molecular weight is 324 g/mol. The second-order valence-corrected chi connectivity index (χ2v) is 6.17. The average Bonchev–Trinajstić information content (AvgIpc) is 2.27. The summed E-state index contributed by atoms with van der Waals surface area (Å²) in [7, 11) is 0. The van der Waals surface area contributed by atoms with Crippen LogP contribution in [0.2, 0.25) is 0 Å². The Hall–Kier alpha value is -0.790. The Balaban J connectivity index is 2.19. The Bertz CT molecular complexity index is 528. The minimum Gasteiger partial charge on any atom is -0.117 e. The molecule has 2 heteroatoms. The van der Waals surface area contributed by atoms with Gasteiger partial charge in [0.1, 0.15) is 0 Å². The molecule has 0 amide bonds. The van der Waals surface area contributed by atoms with E-state index >= 15 is 0 Å². The van der Waals surface area contributed by atoms with E-state index in [1.165, 1.54) is 22.3 Å². The van der Waals surface area contributed by atoms with Gasteiger partial charge in [-0.25, -0.2) is 0 Å². The van der Waals surface area contributed by atoms with Gasteiger partial charge in [0, 0.05) is 4.47 Å². The van der Waals surface area contributed by atoms with E-state index in [2.05, 4.69) is 72.2 Å². The van der Waals surface area contributed by atoms with Gasteiger partial charge in [0.15, 0.2) is 0 Å². The predicted molar refractivity (Wildman–Crippen MR) is 82.4 cm³/mol. The van der Waals surface area contributed by atoms with Crippen LogP contribution in [-0.2, 0) is 6.42 Å². The second-order valence-electron chi connectivity index (χ2n) is 4.72. The first-order valence-corrected chi connectivity index (χ1v) is 7.24. The Morgan fingerprint density at radius 1 is 1.06 bits per heavy atom. The molecule has 0 saturated heterocycles. The minimum absolute atomic E-state index is 0.0167. The van der Waals surface area contributed by atoms with E-state index in [9.17, 15) is 0 Å². The van der Waals surface area contributed by atoms with Crippen molar-refractivity contribution in [2.75, 3.05) is 0 Å². The monoisotopic (exact) mass is 322 g/mol. The number of rotatable bonds is 3. The highest BCUT2D eigenvalue weighted by atomic mass is 79.9. The molecule has 2 aromatic carbocycles. The third-order valence-electron chi connectivity index (χ3n) is 2.92. The summed E-state index contributed by atoms with van der Waals surface area (Å²) < 4.78 is 1.09. The van der Waals surface area contributed by atoms with Gasteiger partial charge < -0.3 is 0 Å². The molecule has 0 fully saturated rings. The van der Waals surface area contributed by atoms with E-state index in [0.717, 1.165) is 10.9 Å². The van der Waals surface area contributed by atoms with Gasteiger partial charge in [0.05, 0.1) is 5.38 Å². The highest BCUT2D eigenvalue weighted by Crippen LogP contribution is 2.28. The van der Waals surface area contributed by atoms with Crippen molar-refractivity contribution in [3.8, 4) is 0 Å². The Labute approximate surface area is 122 Å². The summed E-state index contributed by atoms with van der Waals surface area (Å²) in [5.74, 6) is 0. The fraction of sp³-hybridized carbons (Fsp3) is 0.250. The standard InChI is InChI=1S/C16H16BrCl/c1-11-4-3-5-13(6-11)9-16(18)14-7-12(2)8-15(17)10-14/h3-8,10,16H,9H2,1-2H3. The van der Waals surface area contributed by atoms with Gasteiger partial charge in [0.2, 0.25) is 0 Å². The maximum Gasteiger partial charge on any atom is 0.0626 e. The maximum absolute atomic E-state index is 6.52. The lowest BCUT2D eigenvalue weighted by Gasteiger charge is -2.12. The molecule has 0 bridgehead atoms. The van der Waals surface area contributed by atoms with Crippen molar-refractivity contribution in [1.82, 2.24) is 0 Å². The van der Waals surface area contributed by atoms with Gasteiger partial charge in [-0.2, -0.15) is 0 Å². The zero-order chi connectivity index (χ0) is 13.1. The Morgan fingerprint density at radius 2 is 1.83 bits per heavy atom. The molecule has 2 aromatic rings. The number of hydrogen-bond donors (Lipinski definition) is 0. The van der Waals surface area contributed by atoms with Crippen LogP contribution in [0.4, 0.5) is 0 Å². The highest BCUT2D eigenvalue weighted by molar-refractivity contribution is 9.10. The third-order valence-corrected chi connectivity index (χ3v) is 3.79. The van der Waals surface area contributed by atoms with Gasteiger partial charge in [-0.05, 0) is 49.1 Å². The van der Waals surface area contributed by atoms with E-state index in [0.29, 0.717) is 0 Å². The lowest BCUT2D eigenvalue weighted by Crippen LogP contribution is -1.97. The summed E-state index contributed by atoms with van der Waals surface area (Å²) in [4.78, 5) is 0. The van der Waals surface area contributed by atoms with Gasteiger partial charge in [-0.3, -0.25) is 0 Å². The molecule has 94 valence electrons. The molecule has 0 nitrogen and oxygen atoms in total. The topological polar surface area (TPSA) is 0 Å². The van der Waals surface area contributed by atoms with Crippen molar-refractivity contribution in [2.45, 2.75) is 25.6 Å². The van der Waals surface area contributed by atoms with Crippen molar-refractivity contribution >= 4 is 27.5 Å². The molecule has 0 radical (unpaired) electrons. The molecule has 0 aliphatic heterocycles. The molecule has 2 rings (SSSR count). The maximum atomic E-state index is 6.52. The smallest absolute Gasteiger partial charge is 0.0626 e. The van der Waals surface area contributed by atoms with Crippen LogP contribution in [0.3, 0.4) is 0 Å². The van der Waals surface area contributed by atoms with E-state index in [1.54, 1.807) is 0 Å². The SMILES string of the molecule is Cc1cccc(CC(Cl)c2cc(C)cc(Br)c2)c1. The van der Waals surface area contributed by atoms with Gasteiger partial charge in [0.25, 0.3) is 0 Å². The largest absolute Gasteiger partial charge is 0.117 e. The van der Waals surface area contributed by atoms with Gasteiger partial charge in [-0.15, -0.1) is 11.6 Å². The summed E-state index contributed by atoms with van der Waals surface area (Å²) in [5, 5.41) is 0.0167. The fourth-order valence-electron chi connectivity index (χ4n) is 2.11. The van der Waals surface area contributed by atoms with E-state index in [1.807, 2.05) is 0 Å². The van der Waals surface area contributed by atoms with Crippen LogP contribution in [0.25, 0.3) is 0 Å². The lowest BCUT2D eigenvalue weighted by molar-refractivity contribution is 0.915. The first-order valence-electron chi connectivity index (χ1n) is 6.01. The molecule has 1 unspecified atom stereocenters. The molecule has 18 heavy (non-hydrogen) atoms. The van der Waals surface area contributed by atoms with Crippen molar-refractivity contribution in [3.05, 3.63) is 69.2 Å². The first kappa shape index (κ1) is 13.6. The number of alkyl halides is 1. The molecule has 0 aliphatic carbocycles. The summed E-state index contributed by atoms with van der Waals surface area (Å²) >= 11 is 10.0. The number of halogens is 2. The number of benzene rings is 2. The molecular weight excluding hydrogens is 308 g/mol. The quantitative estimate of drug-likeness (QED) is 0.646. The lowest BCUT2D eigenvalue weighted by atomic mass is 10.0. The van der Waals surface area contributed by atoms with Crippen molar-refractivity contribution in [2.24, 2.45) is 0 Å². The van der Waals surface area contributed by atoms with Gasteiger partial charge in [-0.1, -0.05) is 51.8 Å². The second kappa shape index (κ2) is 5.90. The Kier molecular flexibility index (Phi) is 4.47. The summed E-state index contributed by atoms with van der Waals surface area (Å²) in [5.41, 5.74) is 4.97. The van der Waals surface area contributed by atoms with Crippen LogP contribution in [0, 0.1) is 13.8 Å². The predicted octanol–water partition coefficient (Wildman–Crippen LogP) is 5.59. The van der Waals surface area contributed by atoms with E-state index in [-0.39, 0.29) is 5.38 Å². The van der Waals surface area contributed by atoms with E-state index in [4.69, 9.17) is 11.6 Å². The molecular formula is C16H16BrCl. The van der Waals surface area contributed by atoms with Crippen LogP contribution in [0.15, 0.2) is 46.9 Å². The summed E-state index contributed by atoms with van der Waals surface area (Å²) in [6.07, 6.45) is 0.860. The normalized spacial score (nSPS) is 12.4.